The first kappa shape index (κ1) is 29.1. The highest BCUT2D eigenvalue weighted by Crippen LogP contribution is 2.29. The molecule has 2 aromatic rings. The van der Waals surface area contributed by atoms with Crippen molar-refractivity contribution in [2.24, 2.45) is 5.14 Å². The van der Waals surface area contributed by atoms with Gasteiger partial charge in [0.1, 0.15) is 17.3 Å². The van der Waals surface area contributed by atoms with Crippen LogP contribution in [0.25, 0.3) is 0 Å². The zero-order valence-electron chi connectivity index (χ0n) is 18.7. The fourth-order valence-corrected chi connectivity index (χ4v) is 3.88. The van der Waals surface area contributed by atoms with Gasteiger partial charge in [-0.3, -0.25) is 4.79 Å². The number of furan rings is 1. The van der Waals surface area contributed by atoms with Crippen LogP contribution >= 0.6 is 11.6 Å². The first-order chi connectivity index (χ1) is 17.4. The van der Waals surface area contributed by atoms with Gasteiger partial charge in [-0.1, -0.05) is 11.6 Å². The molecule has 2 rings (SSSR count). The van der Waals surface area contributed by atoms with Gasteiger partial charge in [0.25, 0.3) is 16.1 Å². The van der Waals surface area contributed by atoms with Crippen LogP contribution in [0.1, 0.15) is 22.5 Å². The molecule has 1 amide bonds. The number of hydrogen-bond donors (Lipinski definition) is 3. The third-order valence-corrected chi connectivity index (χ3v) is 5.75. The molecule has 0 spiro atoms. The van der Waals surface area contributed by atoms with Gasteiger partial charge in [0.2, 0.25) is 10.0 Å². The Morgan fingerprint density at radius 1 is 1.19 bits per heavy atom. The summed E-state index contributed by atoms with van der Waals surface area (Å²) in [5.41, 5.74) is -0.297. The lowest BCUT2D eigenvalue weighted by atomic mass is 10.1. The number of benzene rings is 1. The normalized spacial score (nSPS) is 11.7. The van der Waals surface area contributed by atoms with E-state index in [-0.39, 0.29) is 29.2 Å². The van der Waals surface area contributed by atoms with E-state index in [1.807, 2.05) is 0 Å². The van der Waals surface area contributed by atoms with E-state index >= 15 is 0 Å². The summed E-state index contributed by atoms with van der Waals surface area (Å²) in [6.45, 7) is -2.01. The number of halogens is 1. The summed E-state index contributed by atoms with van der Waals surface area (Å²) < 4.78 is 33.8. The molecule has 0 aliphatic heterocycles. The Kier molecular flexibility index (Phi) is 10.4. The maximum Gasteiger partial charge on any atom is 0.340 e. The molecule has 0 radical (unpaired) electrons. The number of ether oxygens (including phenoxy) is 1. The van der Waals surface area contributed by atoms with Crippen LogP contribution in [-0.4, -0.2) is 56.3 Å². The van der Waals surface area contributed by atoms with E-state index in [0.717, 1.165) is 12.1 Å². The lowest BCUT2D eigenvalue weighted by Crippen LogP contribution is -2.41. The highest BCUT2D eigenvalue weighted by Gasteiger charge is 2.23. The molecule has 19 heteroatoms. The summed E-state index contributed by atoms with van der Waals surface area (Å²) in [5.74, 6) is -1.63. The molecule has 1 aromatic heterocycles. The van der Waals surface area contributed by atoms with Crippen molar-refractivity contribution < 1.29 is 47.0 Å². The number of sulfonamides is 1. The topological polar surface area (TPSA) is 245 Å². The Labute approximate surface area is 213 Å². The quantitative estimate of drug-likeness (QED) is 0.152. The molecule has 202 valence electrons. The van der Waals surface area contributed by atoms with Crippen molar-refractivity contribution in [2.75, 3.05) is 25.1 Å². The maximum absolute atomic E-state index is 12.7. The average molecular weight is 566 g/mol. The number of nitrogens with zero attached hydrogens (tertiary/aromatic N) is 2. The number of anilines is 1. The monoisotopic (exact) mass is 565 g/mol. The molecular weight excluding hydrogens is 546 g/mol. The van der Waals surface area contributed by atoms with Crippen LogP contribution in [0.15, 0.2) is 39.8 Å². The highest BCUT2D eigenvalue weighted by molar-refractivity contribution is 7.89. The van der Waals surface area contributed by atoms with Crippen molar-refractivity contribution in [3.05, 3.63) is 67.1 Å². The molecule has 37 heavy (non-hydrogen) atoms. The van der Waals surface area contributed by atoms with Crippen LogP contribution in [0, 0.1) is 20.2 Å². The molecule has 0 aliphatic rings. The van der Waals surface area contributed by atoms with Gasteiger partial charge in [0.05, 0.1) is 41.7 Å². The summed E-state index contributed by atoms with van der Waals surface area (Å²) in [4.78, 5) is 53.3. The Morgan fingerprint density at radius 3 is 2.49 bits per heavy atom. The molecular formula is C18H20ClN5O12S. The largest absolute Gasteiger partial charge is 0.467 e. The second-order valence-corrected chi connectivity index (χ2v) is 8.95. The first-order valence-corrected chi connectivity index (χ1v) is 11.9. The second-order valence-electron chi connectivity index (χ2n) is 7.01. The minimum atomic E-state index is -4.33. The van der Waals surface area contributed by atoms with Crippen molar-refractivity contribution in [1.29, 1.82) is 0 Å². The minimum absolute atomic E-state index is 0.0356. The van der Waals surface area contributed by atoms with Gasteiger partial charge in [-0.15, -0.1) is 20.2 Å². The first-order valence-electron chi connectivity index (χ1n) is 10.0. The van der Waals surface area contributed by atoms with Crippen molar-refractivity contribution >= 4 is 39.2 Å². The Bertz CT molecular complexity index is 1240. The van der Waals surface area contributed by atoms with Gasteiger partial charge in [-0.05, 0) is 30.7 Å². The number of carbonyl (C=O) groups excluding carboxylic acids is 2. The van der Waals surface area contributed by atoms with Gasteiger partial charge < -0.3 is 29.5 Å². The summed E-state index contributed by atoms with van der Waals surface area (Å²) in [5, 5.41) is 28.4. The smallest absolute Gasteiger partial charge is 0.340 e. The summed E-state index contributed by atoms with van der Waals surface area (Å²) in [6, 6.07) is 4.14. The average Bonchev–Trinajstić information content (AvgIpc) is 3.32. The molecule has 0 saturated heterocycles. The van der Waals surface area contributed by atoms with Crippen LogP contribution in [0.2, 0.25) is 5.02 Å². The minimum Gasteiger partial charge on any atom is -0.467 e. The highest BCUT2D eigenvalue weighted by atomic mass is 35.5. The number of carbonyl (C=O) groups is 2. The molecule has 4 N–H and O–H groups in total. The zero-order valence-corrected chi connectivity index (χ0v) is 20.2. The number of nitrogens with two attached hydrogens (primary N) is 1. The van der Waals surface area contributed by atoms with Crippen LogP contribution in [-0.2, 0) is 35.8 Å². The number of rotatable bonds is 15. The molecule has 1 heterocycles. The van der Waals surface area contributed by atoms with Crippen LogP contribution in [0.3, 0.4) is 0 Å². The van der Waals surface area contributed by atoms with Gasteiger partial charge in [0, 0.05) is 0 Å². The van der Waals surface area contributed by atoms with E-state index in [9.17, 15) is 38.2 Å². The van der Waals surface area contributed by atoms with Crippen molar-refractivity contribution in [3.8, 4) is 0 Å². The fraction of sp³-hybridized carbons (Fsp3) is 0.333. The summed E-state index contributed by atoms with van der Waals surface area (Å²) in [6.07, 6.45) is 1.17. The lowest BCUT2D eigenvalue weighted by molar-refractivity contribution is -0.761. The van der Waals surface area contributed by atoms with Crippen LogP contribution in [0.5, 0.6) is 0 Å². The van der Waals surface area contributed by atoms with Crippen molar-refractivity contribution in [1.82, 2.24) is 5.32 Å². The number of nitrogens with one attached hydrogen (secondary N) is 2. The molecule has 0 saturated carbocycles. The predicted molar refractivity (Wildman–Crippen MR) is 122 cm³/mol. The van der Waals surface area contributed by atoms with Crippen LogP contribution in [0.4, 0.5) is 5.69 Å². The summed E-state index contributed by atoms with van der Waals surface area (Å²) >= 11 is 6.00. The fourth-order valence-electron chi connectivity index (χ4n) is 2.78. The van der Waals surface area contributed by atoms with E-state index < -0.39 is 62.8 Å². The van der Waals surface area contributed by atoms with E-state index in [4.69, 9.17) is 25.9 Å². The van der Waals surface area contributed by atoms with Crippen molar-refractivity contribution in [3.63, 3.8) is 0 Å². The number of amides is 1. The van der Waals surface area contributed by atoms with Gasteiger partial charge >= 0.3 is 5.97 Å². The third-order valence-electron chi connectivity index (χ3n) is 4.38. The zero-order chi connectivity index (χ0) is 27.6. The lowest BCUT2D eigenvalue weighted by Gasteiger charge is -2.17. The Hall–Kier alpha value is -4.16. The SMILES string of the molecule is NS(=O)(=O)c1cc(C(=O)OCC(=O)N[C@@H](CCO[N+](=O)[O-])CO[N+](=O)[O-])c(NCc2ccco2)cc1Cl. The van der Waals surface area contributed by atoms with Gasteiger partial charge in [-0.2, -0.15) is 0 Å². The maximum atomic E-state index is 12.7. The van der Waals surface area contributed by atoms with Gasteiger partial charge in [0.15, 0.2) is 6.61 Å². The molecule has 0 aliphatic carbocycles. The second kappa shape index (κ2) is 13.2. The molecule has 0 bridgehead atoms. The molecule has 17 nitrogen and oxygen atoms in total. The van der Waals surface area contributed by atoms with E-state index in [2.05, 4.69) is 20.3 Å². The van der Waals surface area contributed by atoms with E-state index in [1.54, 1.807) is 12.1 Å². The number of hydrogen-bond acceptors (Lipinski definition) is 13. The third kappa shape index (κ3) is 9.78. The van der Waals surface area contributed by atoms with Crippen LogP contribution < -0.4 is 15.8 Å². The standard InChI is InChI=1S/C18H20ClN5O12S/c19-14-7-15(21-8-12-2-1-4-33-12)13(6-16(14)37(20,31)32)18(26)34-10-17(25)22-11(9-36-24(29)30)3-5-35-23(27)28/h1-2,4,6-7,11,21H,3,5,8-10H2,(H,22,25)(H2,20,31,32)/t11-/m0/s1. The summed E-state index contributed by atoms with van der Waals surface area (Å²) in [7, 11) is -4.33. The van der Waals surface area contributed by atoms with Gasteiger partial charge in [-0.25, -0.2) is 18.4 Å². The van der Waals surface area contributed by atoms with Crippen molar-refractivity contribution in [2.45, 2.75) is 23.9 Å². The Balaban J connectivity index is 2.12. The molecule has 0 fully saturated rings. The number of primary sulfonamides is 1. The number of esters is 1. The molecule has 0 unspecified atom stereocenters. The molecule has 1 atom stereocenters. The molecule has 1 aromatic carbocycles. The predicted octanol–water partition coefficient (Wildman–Crippen LogP) is 0.641. The van der Waals surface area contributed by atoms with E-state index in [0.29, 0.717) is 5.76 Å². The van der Waals surface area contributed by atoms with E-state index in [1.165, 1.54) is 6.26 Å². The Morgan fingerprint density at radius 2 is 1.89 bits per heavy atom.